The van der Waals surface area contributed by atoms with Crippen LogP contribution in [0.15, 0.2) is 0 Å². The molecule has 0 radical (unpaired) electrons. The van der Waals surface area contributed by atoms with Gasteiger partial charge in [-0.2, -0.15) is 0 Å². The Morgan fingerprint density at radius 1 is 1.62 bits per heavy atom. The van der Waals surface area contributed by atoms with E-state index in [4.69, 9.17) is 10.5 Å². The van der Waals surface area contributed by atoms with Gasteiger partial charge in [0.1, 0.15) is 0 Å². The topological polar surface area (TPSA) is 64.3 Å². The summed E-state index contributed by atoms with van der Waals surface area (Å²) >= 11 is 0. The fraction of sp³-hybridized carbons (Fsp3) is 0.889. The maximum Gasteiger partial charge on any atom is 0.220 e. The molecule has 4 heteroatoms. The largest absolute Gasteiger partial charge is 0.382 e. The number of carbonyl (C=O) groups is 1. The molecule has 0 aromatic carbocycles. The number of nitrogens with two attached hydrogens (primary N) is 1. The first-order valence-electron chi connectivity index (χ1n) is 4.77. The molecule has 0 unspecified atom stereocenters. The van der Waals surface area contributed by atoms with Crippen LogP contribution in [0.3, 0.4) is 0 Å². The van der Waals surface area contributed by atoms with Gasteiger partial charge in [-0.05, 0) is 20.3 Å². The molecule has 0 aromatic rings. The second-order valence-corrected chi connectivity index (χ2v) is 3.00. The Morgan fingerprint density at radius 3 is 2.85 bits per heavy atom. The second kappa shape index (κ2) is 8.01. The predicted octanol–water partition coefficient (Wildman–Crippen LogP) is 0.267. The Labute approximate surface area is 79.8 Å². The molecule has 0 aliphatic carbocycles. The summed E-state index contributed by atoms with van der Waals surface area (Å²) in [5, 5.41) is 2.79. The molecule has 13 heavy (non-hydrogen) atoms. The van der Waals surface area contributed by atoms with E-state index in [1.807, 2.05) is 13.8 Å². The van der Waals surface area contributed by atoms with Gasteiger partial charge in [-0.25, -0.2) is 0 Å². The monoisotopic (exact) mass is 188 g/mol. The molecule has 0 bridgehead atoms. The quantitative estimate of drug-likeness (QED) is 0.563. The highest BCUT2D eigenvalue weighted by Gasteiger charge is 2.04. The molecular formula is C9H20N2O2. The number of ether oxygens (including phenoxy) is 1. The number of amides is 1. The molecule has 0 fully saturated rings. The lowest BCUT2D eigenvalue weighted by Crippen LogP contribution is -2.37. The number of hydrogen-bond acceptors (Lipinski definition) is 3. The van der Waals surface area contributed by atoms with Gasteiger partial charge in [0, 0.05) is 32.2 Å². The molecule has 78 valence electrons. The van der Waals surface area contributed by atoms with Crippen LogP contribution in [0.5, 0.6) is 0 Å². The zero-order chi connectivity index (χ0) is 10.1. The summed E-state index contributed by atoms with van der Waals surface area (Å²) in [6.45, 7) is 5.68. The van der Waals surface area contributed by atoms with Crippen molar-refractivity contribution < 1.29 is 9.53 Å². The Kier molecular flexibility index (Phi) is 7.63. The van der Waals surface area contributed by atoms with Crippen LogP contribution in [0.25, 0.3) is 0 Å². The van der Waals surface area contributed by atoms with Crippen molar-refractivity contribution in [2.24, 2.45) is 5.73 Å². The standard InChI is InChI=1S/C9H20N2O2/c1-3-13-6-4-5-9(12)11-8(2)7-10/h8H,3-7,10H2,1-2H3,(H,11,12)/t8-/m1/s1. The third-order valence-corrected chi connectivity index (χ3v) is 1.66. The predicted molar refractivity (Wildman–Crippen MR) is 52.4 cm³/mol. The minimum Gasteiger partial charge on any atom is -0.382 e. The lowest BCUT2D eigenvalue weighted by molar-refractivity contribution is -0.122. The van der Waals surface area contributed by atoms with Crippen molar-refractivity contribution in [3.8, 4) is 0 Å². The highest BCUT2D eigenvalue weighted by Crippen LogP contribution is 1.91. The van der Waals surface area contributed by atoms with Gasteiger partial charge in [0.05, 0.1) is 0 Å². The number of carbonyl (C=O) groups excluding carboxylic acids is 1. The van der Waals surface area contributed by atoms with Gasteiger partial charge in [0.2, 0.25) is 5.91 Å². The minimum absolute atomic E-state index is 0.0534. The number of hydrogen-bond donors (Lipinski definition) is 2. The Morgan fingerprint density at radius 2 is 2.31 bits per heavy atom. The lowest BCUT2D eigenvalue weighted by Gasteiger charge is -2.10. The van der Waals surface area contributed by atoms with E-state index in [0.29, 0.717) is 26.2 Å². The highest BCUT2D eigenvalue weighted by molar-refractivity contribution is 5.76. The van der Waals surface area contributed by atoms with Gasteiger partial charge in [-0.1, -0.05) is 0 Å². The van der Waals surface area contributed by atoms with Gasteiger partial charge >= 0.3 is 0 Å². The zero-order valence-electron chi connectivity index (χ0n) is 8.51. The van der Waals surface area contributed by atoms with E-state index in [1.54, 1.807) is 0 Å². The first-order chi connectivity index (χ1) is 6.20. The Balaban J connectivity index is 3.30. The fourth-order valence-electron chi connectivity index (χ4n) is 0.885. The maximum absolute atomic E-state index is 11.2. The molecule has 0 aromatic heterocycles. The van der Waals surface area contributed by atoms with Gasteiger partial charge in [-0.15, -0.1) is 0 Å². The van der Waals surface area contributed by atoms with Crippen molar-refractivity contribution in [3.05, 3.63) is 0 Å². The van der Waals surface area contributed by atoms with E-state index in [2.05, 4.69) is 5.32 Å². The molecule has 1 amide bonds. The van der Waals surface area contributed by atoms with Crippen LogP contribution in [0.2, 0.25) is 0 Å². The zero-order valence-corrected chi connectivity index (χ0v) is 8.51. The number of nitrogens with one attached hydrogen (secondary N) is 1. The summed E-state index contributed by atoms with van der Waals surface area (Å²) in [6.07, 6.45) is 1.29. The average Bonchev–Trinajstić information content (AvgIpc) is 2.12. The molecule has 4 nitrogen and oxygen atoms in total. The Hall–Kier alpha value is -0.610. The van der Waals surface area contributed by atoms with E-state index in [1.165, 1.54) is 0 Å². The van der Waals surface area contributed by atoms with Crippen molar-refractivity contribution in [1.82, 2.24) is 5.32 Å². The molecule has 0 aliphatic heterocycles. The molecule has 0 saturated carbocycles. The van der Waals surface area contributed by atoms with E-state index in [0.717, 1.165) is 6.42 Å². The smallest absolute Gasteiger partial charge is 0.220 e. The van der Waals surface area contributed by atoms with Gasteiger partial charge in [0.15, 0.2) is 0 Å². The van der Waals surface area contributed by atoms with Crippen LogP contribution in [0, 0.1) is 0 Å². The van der Waals surface area contributed by atoms with Crippen LogP contribution in [-0.4, -0.2) is 31.7 Å². The summed E-state index contributed by atoms with van der Waals surface area (Å²) in [6, 6.07) is 0.0691. The third-order valence-electron chi connectivity index (χ3n) is 1.66. The molecule has 0 rings (SSSR count). The summed E-state index contributed by atoms with van der Waals surface area (Å²) in [4.78, 5) is 11.2. The summed E-state index contributed by atoms with van der Waals surface area (Å²) in [5.41, 5.74) is 5.36. The van der Waals surface area contributed by atoms with Crippen LogP contribution in [-0.2, 0) is 9.53 Å². The third kappa shape index (κ3) is 7.74. The van der Waals surface area contributed by atoms with Crippen LogP contribution >= 0.6 is 0 Å². The van der Waals surface area contributed by atoms with Crippen LogP contribution in [0.1, 0.15) is 26.7 Å². The highest BCUT2D eigenvalue weighted by atomic mass is 16.5. The van der Waals surface area contributed by atoms with Crippen molar-refractivity contribution in [3.63, 3.8) is 0 Å². The van der Waals surface area contributed by atoms with Crippen molar-refractivity contribution in [2.45, 2.75) is 32.7 Å². The van der Waals surface area contributed by atoms with E-state index in [-0.39, 0.29) is 11.9 Å². The average molecular weight is 188 g/mol. The summed E-state index contributed by atoms with van der Waals surface area (Å²) < 4.78 is 5.11. The first-order valence-corrected chi connectivity index (χ1v) is 4.77. The minimum atomic E-state index is 0.0534. The molecule has 1 atom stereocenters. The lowest BCUT2D eigenvalue weighted by atomic mass is 10.2. The summed E-state index contributed by atoms with van der Waals surface area (Å²) in [7, 11) is 0. The fourth-order valence-corrected chi connectivity index (χ4v) is 0.885. The maximum atomic E-state index is 11.2. The second-order valence-electron chi connectivity index (χ2n) is 3.00. The first kappa shape index (κ1) is 12.4. The van der Waals surface area contributed by atoms with E-state index in [9.17, 15) is 4.79 Å². The molecule has 3 N–H and O–H groups in total. The molecular weight excluding hydrogens is 168 g/mol. The normalized spacial score (nSPS) is 12.5. The molecule has 0 spiro atoms. The van der Waals surface area contributed by atoms with E-state index >= 15 is 0 Å². The summed E-state index contributed by atoms with van der Waals surface area (Å²) in [5.74, 6) is 0.0534. The Bertz CT molecular complexity index is 140. The molecule has 0 saturated heterocycles. The van der Waals surface area contributed by atoms with E-state index < -0.39 is 0 Å². The van der Waals surface area contributed by atoms with Crippen molar-refractivity contribution >= 4 is 5.91 Å². The van der Waals surface area contributed by atoms with Crippen molar-refractivity contribution in [1.29, 1.82) is 0 Å². The van der Waals surface area contributed by atoms with Gasteiger partial charge in [-0.3, -0.25) is 4.79 Å². The number of rotatable bonds is 7. The van der Waals surface area contributed by atoms with Gasteiger partial charge < -0.3 is 15.8 Å². The van der Waals surface area contributed by atoms with Crippen LogP contribution < -0.4 is 11.1 Å². The molecule has 0 heterocycles. The van der Waals surface area contributed by atoms with Gasteiger partial charge in [0.25, 0.3) is 0 Å². The van der Waals surface area contributed by atoms with Crippen LogP contribution in [0.4, 0.5) is 0 Å². The molecule has 0 aliphatic rings. The van der Waals surface area contributed by atoms with Crippen molar-refractivity contribution in [2.75, 3.05) is 19.8 Å². The SMILES string of the molecule is CCOCCCC(=O)N[C@H](C)CN.